The lowest BCUT2D eigenvalue weighted by Gasteiger charge is -2.37. The van der Waals surface area contributed by atoms with Gasteiger partial charge in [-0.25, -0.2) is 0 Å². The zero-order valence-electron chi connectivity index (χ0n) is 13.1. The molecule has 1 fully saturated rings. The van der Waals surface area contributed by atoms with Crippen molar-refractivity contribution in [3.05, 3.63) is 35.6 Å². The minimum absolute atomic E-state index is 0.0319. The minimum atomic E-state index is -0.0319. The van der Waals surface area contributed by atoms with Gasteiger partial charge >= 0.3 is 0 Å². The summed E-state index contributed by atoms with van der Waals surface area (Å²) in [5.74, 6) is -0.0319. The van der Waals surface area contributed by atoms with E-state index < -0.39 is 0 Å². The number of anilines is 1. The summed E-state index contributed by atoms with van der Waals surface area (Å²) < 4.78 is 0. The Labute approximate surface area is 139 Å². The van der Waals surface area contributed by atoms with Gasteiger partial charge in [-0.2, -0.15) is 0 Å². The van der Waals surface area contributed by atoms with Crippen LogP contribution < -0.4 is 5.32 Å². The maximum absolute atomic E-state index is 12.0. The highest BCUT2D eigenvalue weighted by Crippen LogP contribution is 2.20. The molecular weight excluding hydrogens is 312 g/mol. The van der Waals surface area contributed by atoms with Crippen LogP contribution in [0.15, 0.2) is 30.0 Å². The van der Waals surface area contributed by atoms with Gasteiger partial charge < -0.3 is 0 Å². The molecule has 23 heavy (non-hydrogen) atoms. The lowest BCUT2D eigenvalue weighted by Crippen LogP contribution is -2.49. The third-order valence-electron chi connectivity index (χ3n) is 4.10. The van der Waals surface area contributed by atoms with Crippen LogP contribution >= 0.6 is 11.3 Å². The predicted octanol–water partition coefficient (Wildman–Crippen LogP) is 1.25. The molecule has 2 aromatic rings. The van der Waals surface area contributed by atoms with Crippen LogP contribution in [-0.2, 0) is 4.79 Å². The average Bonchev–Trinajstić information content (AvgIpc) is 3.08. The second-order valence-electron chi connectivity index (χ2n) is 5.57. The van der Waals surface area contributed by atoms with E-state index in [0.29, 0.717) is 17.7 Å². The summed E-state index contributed by atoms with van der Waals surface area (Å²) in [6, 6.07) is 4.43. The average molecular weight is 332 g/mol. The van der Waals surface area contributed by atoms with Crippen molar-refractivity contribution in [2.45, 2.75) is 13.0 Å². The number of carbonyl (C=O) groups excluding carboxylic acids is 1. The maximum atomic E-state index is 12.0. The molecule has 7 nitrogen and oxygen atoms in total. The number of nitrogens with zero attached hydrogens (tertiary/aromatic N) is 5. The van der Waals surface area contributed by atoms with Crippen molar-refractivity contribution >= 4 is 22.4 Å². The Hall–Kier alpha value is -1.90. The molecule has 0 aromatic carbocycles. The molecule has 1 amide bonds. The summed E-state index contributed by atoms with van der Waals surface area (Å²) in [4.78, 5) is 20.8. The van der Waals surface area contributed by atoms with E-state index >= 15 is 0 Å². The van der Waals surface area contributed by atoms with E-state index in [-0.39, 0.29) is 5.91 Å². The fourth-order valence-electron chi connectivity index (χ4n) is 2.73. The number of aromatic nitrogens is 3. The molecule has 0 spiro atoms. The first-order valence-corrected chi connectivity index (χ1v) is 8.52. The van der Waals surface area contributed by atoms with Crippen LogP contribution in [-0.4, -0.2) is 63.6 Å². The monoisotopic (exact) mass is 332 g/mol. The molecule has 2 aromatic heterocycles. The van der Waals surface area contributed by atoms with E-state index in [2.05, 4.69) is 43.3 Å². The number of hydrogen-bond acceptors (Lipinski definition) is 7. The SMILES string of the molecule is C[C@H](c1cccnc1)N1CCN(CC(=O)Nc2nncs2)CC1. The van der Waals surface area contributed by atoms with Gasteiger partial charge in [0.2, 0.25) is 11.0 Å². The molecule has 1 aliphatic rings. The highest BCUT2D eigenvalue weighted by Gasteiger charge is 2.23. The van der Waals surface area contributed by atoms with Crippen LogP contribution in [0.5, 0.6) is 0 Å². The fraction of sp³-hybridized carbons (Fsp3) is 0.467. The largest absolute Gasteiger partial charge is 0.299 e. The number of hydrogen-bond donors (Lipinski definition) is 1. The van der Waals surface area contributed by atoms with E-state index in [0.717, 1.165) is 26.2 Å². The zero-order chi connectivity index (χ0) is 16.1. The third kappa shape index (κ3) is 4.31. The summed E-state index contributed by atoms with van der Waals surface area (Å²) in [5, 5.41) is 10.9. The van der Waals surface area contributed by atoms with Gasteiger partial charge in [0.15, 0.2) is 0 Å². The number of carbonyl (C=O) groups is 1. The molecule has 0 saturated carbocycles. The Balaban J connectivity index is 1.46. The van der Waals surface area contributed by atoms with Crippen molar-refractivity contribution in [3.8, 4) is 0 Å². The van der Waals surface area contributed by atoms with Gasteiger partial charge in [-0.15, -0.1) is 10.2 Å². The van der Waals surface area contributed by atoms with Gasteiger partial charge in [0.25, 0.3) is 0 Å². The Kier molecular flexibility index (Phi) is 5.27. The lowest BCUT2D eigenvalue weighted by atomic mass is 10.1. The van der Waals surface area contributed by atoms with E-state index in [1.54, 1.807) is 11.7 Å². The number of piperazine rings is 1. The summed E-state index contributed by atoms with van der Waals surface area (Å²) in [5.41, 5.74) is 2.84. The minimum Gasteiger partial charge on any atom is -0.299 e. The first kappa shape index (κ1) is 16.0. The molecule has 122 valence electrons. The Bertz CT molecular complexity index is 612. The van der Waals surface area contributed by atoms with E-state index in [1.165, 1.54) is 16.9 Å². The quantitative estimate of drug-likeness (QED) is 0.888. The number of nitrogens with one attached hydrogen (secondary N) is 1. The van der Waals surface area contributed by atoms with Crippen LogP contribution in [0.4, 0.5) is 5.13 Å². The summed E-state index contributed by atoms with van der Waals surface area (Å²) in [6.07, 6.45) is 3.72. The second-order valence-corrected chi connectivity index (χ2v) is 6.40. The van der Waals surface area contributed by atoms with Gasteiger partial charge in [0, 0.05) is 44.6 Å². The van der Waals surface area contributed by atoms with Gasteiger partial charge in [-0.05, 0) is 18.6 Å². The van der Waals surface area contributed by atoms with Crippen molar-refractivity contribution in [3.63, 3.8) is 0 Å². The molecule has 1 saturated heterocycles. The van der Waals surface area contributed by atoms with Crippen molar-refractivity contribution in [2.24, 2.45) is 0 Å². The predicted molar refractivity (Wildman–Crippen MR) is 89.2 cm³/mol. The maximum Gasteiger partial charge on any atom is 0.240 e. The summed E-state index contributed by atoms with van der Waals surface area (Å²) >= 11 is 1.33. The molecule has 0 aliphatic carbocycles. The van der Waals surface area contributed by atoms with Crippen LogP contribution in [0.1, 0.15) is 18.5 Å². The lowest BCUT2D eigenvalue weighted by molar-refractivity contribution is -0.117. The molecule has 0 bridgehead atoms. The molecular formula is C15H20N6OS. The van der Waals surface area contributed by atoms with E-state index in [1.807, 2.05) is 12.3 Å². The first-order chi connectivity index (χ1) is 11.2. The molecule has 0 unspecified atom stereocenters. The Morgan fingerprint density at radius 2 is 2.22 bits per heavy atom. The van der Waals surface area contributed by atoms with E-state index in [9.17, 15) is 4.79 Å². The smallest absolute Gasteiger partial charge is 0.240 e. The van der Waals surface area contributed by atoms with Crippen LogP contribution in [0.25, 0.3) is 0 Å². The number of rotatable bonds is 5. The van der Waals surface area contributed by atoms with E-state index in [4.69, 9.17) is 0 Å². The molecule has 1 atom stereocenters. The topological polar surface area (TPSA) is 74.2 Å². The van der Waals surface area contributed by atoms with Crippen LogP contribution in [0.2, 0.25) is 0 Å². The van der Waals surface area contributed by atoms with Crippen molar-refractivity contribution < 1.29 is 4.79 Å². The highest BCUT2D eigenvalue weighted by atomic mass is 32.1. The van der Waals surface area contributed by atoms with Gasteiger partial charge in [-0.3, -0.25) is 24.9 Å². The molecule has 1 aliphatic heterocycles. The molecule has 3 heterocycles. The zero-order valence-corrected chi connectivity index (χ0v) is 13.9. The molecule has 1 N–H and O–H groups in total. The standard InChI is InChI=1S/C15H20N6OS/c1-12(13-3-2-4-16-9-13)21-7-5-20(6-8-21)10-14(22)18-15-19-17-11-23-15/h2-4,9,11-12H,5-8,10H2,1H3,(H,18,19,22)/t12-/m1/s1. The first-order valence-electron chi connectivity index (χ1n) is 7.65. The van der Waals surface area contributed by atoms with Crippen molar-refractivity contribution in [1.82, 2.24) is 25.0 Å². The third-order valence-corrected chi connectivity index (χ3v) is 4.70. The van der Waals surface area contributed by atoms with Crippen molar-refractivity contribution in [2.75, 3.05) is 38.0 Å². The number of pyridine rings is 1. The molecule has 0 radical (unpaired) electrons. The van der Waals surface area contributed by atoms with Crippen LogP contribution in [0, 0.1) is 0 Å². The normalized spacial score (nSPS) is 17.8. The summed E-state index contributed by atoms with van der Waals surface area (Å²) in [7, 11) is 0. The van der Waals surface area contributed by atoms with Crippen molar-refractivity contribution in [1.29, 1.82) is 0 Å². The number of amides is 1. The van der Waals surface area contributed by atoms with Gasteiger partial charge in [0.05, 0.1) is 6.54 Å². The molecule has 8 heteroatoms. The molecule has 3 rings (SSSR count). The second kappa shape index (κ2) is 7.58. The Morgan fingerprint density at radius 3 is 2.87 bits per heavy atom. The highest BCUT2D eigenvalue weighted by molar-refractivity contribution is 7.13. The Morgan fingerprint density at radius 1 is 1.39 bits per heavy atom. The summed E-state index contributed by atoms with van der Waals surface area (Å²) in [6.45, 7) is 6.26. The van der Waals surface area contributed by atoms with Gasteiger partial charge in [0.1, 0.15) is 5.51 Å². The fourth-order valence-corrected chi connectivity index (χ4v) is 3.19. The van der Waals surface area contributed by atoms with Gasteiger partial charge in [-0.1, -0.05) is 17.4 Å². The van der Waals surface area contributed by atoms with Crippen LogP contribution in [0.3, 0.4) is 0 Å².